The van der Waals surface area contributed by atoms with Crippen LogP contribution in [0.15, 0.2) is 0 Å². The van der Waals surface area contributed by atoms with E-state index in [-0.39, 0.29) is 11.3 Å². The van der Waals surface area contributed by atoms with Crippen LogP contribution in [0.2, 0.25) is 0 Å². The Hall–Kier alpha value is -0.0900. The van der Waals surface area contributed by atoms with Crippen molar-refractivity contribution in [3.8, 4) is 0 Å². The number of sulfone groups is 1. The zero-order valence-corrected chi connectivity index (χ0v) is 11.6. The first-order chi connectivity index (χ1) is 8.13. The lowest BCUT2D eigenvalue weighted by Crippen LogP contribution is -2.46. The molecular formula is C13H25NO2S. The normalized spacial score (nSPS) is 30.1. The third kappa shape index (κ3) is 3.68. The van der Waals surface area contributed by atoms with Crippen LogP contribution >= 0.6 is 0 Å². The molecule has 0 bridgehead atoms. The molecule has 100 valence electrons. The Balaban J connectivity index is 1.96. The van der Waals surface area contributed by atoms with E-state index in [1.807, 2.05) is 0 Å². The molecule has 2 rings (SSSR count). The minimum Gasteiger partial charge on any atom is -0.313 e. The fourth-order valence-corrected chi connectivity index (χ4v) is 5.10. The molecule has 4 heteroatoms. The van der Waals surface area contributed by atoms with Gasteiger partial charge in [0.25, 0.3) is 0 Å². The number of nitrogens with one attached hydrogen (secondary N) is 1. The van der Waals surface area contributed by atoms with E-state index < -0.39 is 9.84 Å². The average molecular weight is 259 g/mol. The summed E-state index contributed by atoms with van der Waals surface area (Å²) in [6, 6.07) is 0.200. The first-order valence-electron chi connectivity index (χ1n) is 7.08. The smallest absolute Gasteiger partial charge is 0.154 e. The standard InChI is InChI=1S/C13H25NO2S/c1-2-14-12(9-8-11-6-7-11)13-5-3-4-10-17(13,15)16/h11-14H,2-10H2,1H3. The van der Waals surface area contributed by atoms with E-state index in [1.165, 1.54) is 19.3 Å². The Labute approximate surface area is 105 Å². The highest BCUT2D eigenvalue weighted by atomic mass is 32.2. The predicted molar refractivity (Wildman–Crippen MR) is 70.8 cm³/mol. The molecule has 1 aliphatic carbocycles. The summed E-state index contributed by atoms with van der Waals surface area (Å²) in [5, 5.41) is 3.30. The molecule has 1 N–H and O–H groups in total. The molecule has 0 aromatic carbocycles. The molecule has 17 heavy (non-hydrogen) atoms. The van der Waals surface area contributed by atoms with Crippen molar-refractivity contribution in [2.45, 2.75) is 63.2 Å². The minimum absolute atomic E-state index is 0.116. The van der Waals surface area contributed by atoms with E-state index in [9.17, 15) is 8.42 Å². The van der Waals surface area contributed by atoms with E-state index in [2.05, 4.69) is 12.2 Å². The van der Waals surface area contributed by atoms with Gasteiger partial charge in [-0.05, 0) is 38.1 Å². The van der Waals surface area contributed by atoms with Gasteiger partial charge < -0.3 is 5.32 Å². The van der Waals surface area contributed by atoms with Crippen LogP contribution in [0.3, 0.4) is 0 Å². The maximum Gasteiger partial charge on any atom is 0.154 e. The van der Waals surface area contributed by atoms with Gasteiger partial charge in [-0.3, -0.25) is 0 Å². The van der Waals surface area contributed by atoms with E-state index in [1.54, 1.807) is 0 Å². The maximum atomic E-state index is 12.1. The molecule has 2 unspecified atom stereocenters. The van der Waals surface area contributed by atoms with Crippen molar-refractivity contribution in [2.75, 3.05) is 12.3 Å². The molecule has 1 heterocycles. The Morgan fingerprint density at radius 2 is 2.00 bits per heavy atom. The summed E-state index contributed by atoms with van der Waals surface area (Å²) in [5.74, 6) is 1.30. The number of hydrogen-bond donors (Lipinski definition) is 1. The number of hydrogen-bond acceptors (Lipinski definition) is 3. The molecule has 1 saturated heterocycles. The van der Waals surface area contributed by atoms with Crippen molar-refractivity contribution >= 4 is 9.84 Å². The molecule has 2 aliphatic rings. The van der Waals surface area contributed by atoms with Crippen LogP contribution < -0.4 is 5.32 Å². The topological polar surface area (TPSA) is 46.2 Å². The van der Waals surface area contributed by atoms with Crippen molar-refractivity contribution in [1.82, 2.24) is 5.32 Å². The SMILES string of the molecule is CCNC(CCC1CC1)C1CCCCS1(=O)=O. The Morgan fingerprint density at radius 1 is 1.24 bits per heavy atom. The third-order valence-corrected chi connectivity index (χ3v) is 6.47. The maximum absolute atomic E-state index is 12.1. The highest BCUT2D eigenvalue weighted by molar-refractivity contribution is 7.92. The van der Waals surface area contributed by atoms with Crippen LogP contribution in [-0.2, 0) is 9.84 Å². The fraction of sp³-hybridized carbons (Fsp3) is 1.00. The van der Waals surface area contributed by atoms with Crippen LogP contribution in [0.5, 0.6) is 0 Å². The first-order valence-corrected chi connectivity index (χ1v) is 8.80. The largest absolute Gasteiger partial charge is 0.313 e. The van der Waals surface area contributed by atoms with Crippen LogP contribution in [0.4, 0.5) is 0 Å². The summed E-state index contributed by atoms with van der Waals surface area (Å²) >= 11 is 0. The molecule has 1 aliphatic heterocycles. The van der Waals surface area contributed by atoms with Crippen LogP contribution in [-0.4, -0.2) is 32.0 Å². The Morgan fingerprint density at radius 3 is 2.59 bits per heavy atom. The highest BCUT2D eigenvalue weighted by Gasteiger charge is 2.35. The predicted octanol–water partition coefficient (Wildman–Crippen LogP) is 2.12. The molecular weight excluding hydrogens is 234 g/mol. The second-order valence-electron chi connectivity index (χ2n) is 5.59. The second kappa shape index (κ2) is 5.70. The van der Waals surface area contributed by atoms with Crippen molar-refractivity contribution < 1.29 is 8.42 Å². The summed E-state index contributed by atoms with van der Waals surface area (Å²) < 4.78 is 24.2. The molecule has 0 amide bonds. The molecule has 1 saturated carbocycles. The van der Waals surface area contributed by atoms with E-state index in [4.69, 9.17) is 0 Å². The Bertz CT molecular complexity index is 335. The highest BCUT2D eigenvalue weighted by Crippen LogP contribution is 2.35. The van der Waals surface area contributed by atoms with Gasteiger partial charge in [0.05, 0.1) is 11.0 Å². The van der Waals surface area contributed by atoms with Gasteiger partial charge in [-0.15, -0.1) is 0 Å². The molecule has 3 nitrogen and oxygen atoms in total. The monoisotopic (exact) mass is 259 g/mol. The summed E-state index contributed by atoms with van der Waals surface area (Å²) in [7, 11) is -2.83. The summed E-state index contributed by atoms with van der Waals surface area (Å²) in [4.78, 5) is 0. The minimum atomic E-state index is -2.83. The van der Waals surface area contributed by atoms with Crippen molar-refractivity contribution in [3.05, 3.63) is 0 Å². The van der Waals surface area contributed by atoms with Crippen LogP contribution in [0.1, 0.15) is 51.9 Å². The molecule has 0 radical (unpaired) electrons. The van der Waals surface area contributed by atoms with Gasteiger partial charge in [0.1, 0.15) is 0 Å². The lowest BCUT2D eigenvalue weighted by molar-refractivity contribution is 0.408. The Kier molecular flexibility index (Phi) is 4.47. The van der Waals surface area contributed by atoms with Crippen molar-refractivity contribution in [2.24, 2.45) is 5.92 Å². The molecule has 0 spiro atoms. The lowest BCUT2D eigenvalue weighted by Gasteiger charge is -2.30. The molecule has 2 atom stereocenters. The molecule has 0 aromatic rings. The molecule has 0 aromatic heterocycles. The zero-order valence-electron chi connectivity index (χ0n) is 10.8. The summed E-state index contributed by atoms with van der Waals surface area (Å²) in [5.41, 5.74) is 0. The third-order valence-electron chi connectivity index (χ3n) is 4.13. The first kappa shape index (κ1) is 13.3. The van der Waals surface area contributed by atoms with E-state index in [0.29, 0.717) is 5.75 Å². The van der Waals surface area contributed by atoms with Crippen LogP contribution in [0.25, 0.3) is 0 Å². The summed E-state index contributed by atoms with van der Waals surface area (Å²) in [6.07, 6.45) is 7.78. The van der Waals surface area contributed by atoms with Gasteiger partial charge >= 0.3 is 0 Å². The van der Waals surface area contributed by atoms with Gasteiger partial charge in [-0.25, -0.2) is 8.42 Å². The van der Waals surface area contributed by atoms with Crippen molar-refractivity contribution in [3.63, 3.8) is 0 Å². The average Bonchev–Trinajstić information content (AvgIpc) is 3.08. The quantitative estimate of drug-likeness (QED) is 0.795. The van der Waals surface area contributed by atoms with E-state index >= 15 is 0 Å². The van der Waals surface area contributed by atoms with Crippen molar-refractivity contribution in [1.29, 1.82) is 0 Å². The van der Waals surface area contributed by atoms with Gasteiger partial charge in [0.2, 0.25) is 0 Å². The summed E-state index contributed by atoms with van der Waals surface area (Å²) in [6.45, 7) is 2.95. The second-order valence-corrected chi connectivity index (χ2v) is 7.93. The van der Waals surface area contributed by atoms with Gasteiger partial charge in [-0.1, -0.05) is 26.2 Å². The van der Waals surface area contributed by atoms with Crippen LogP contribution in [0, 0.1) is 5.92 Å². The lowest BCUT2D eigenvalue weighted by atomic mass is 10.0. The van der Waals surface area contributed by atoms with Gasteiger partial charge in [0.15, 0.2) is 9.84 Å². The van der Waals surface area contributed by atoms with Gasteiger partial charge in [-0.2, -0.15) is 0 Å². The molecule has 2 fully saturated rings. The fourth-order valence-electron chi connectivity index (χ4n) is 2.93. The zero-order chi connectivity index (χ0) is 12.3. The van der Waals surface area contributed by atoms with Gasteiger partial charge in [0, 0.05) is 6.04 Å². The number of rotatable bonds is 6. The van der Waals surface area contributed by atoms with E-state index in [0.717, 1.165) is 38.1 Å².